The van der Waals surface area contributed by atoms with Gasteiger partial charge in [-0.2, -0.15) is 0 Å². The summed E-state index contributed by atoms with van der Waals surface area (Å²) in [6.45, 7) is 22.9. The largest absolute Gasteiger partial charge is 0.248 e. The first-order valence-electron chi connectivity index (χ1n) is 11.6. The highest BCUT2D eigenvalue weighted by Crippen LogP contribution is 2.43. The summed E-state index contributed by atoms with van der Waals surface area (Å²) >= 11 is 0. The second-order valence-corrected chi connectivity index (χ2v) is 10.0. The summed E-state index contributed by atoms with van der Waals surface area (Å²) < 4.78 is 0. The molecule has 1 nitrogen and oxygen atoms in total. The van der Waals surface area contributed by atoms with E-state index in [2.05, 4.69) is 99.6 Å². The van der Waals surface area contributed by atoms with Gasteiger partial charge in [-0.25, -0.2) is 4.98 Å². The van der Waals surface area contributed by atoms with E-state index in [0.717, 1.165) is 11.4 Å². The molecule has 30 heavy (non-hydrogen) atoms. The van der Waals surface area contributed by atoms with Gasteiger partial charge in [0.25, 0.3) is 0 Å². The number of pyridine rings is 1. The third-order valence-electron chi connectivity index (χ3n) is 7.05. The van der Waals surface area contributed by atoms with Crippen LogP contribution in [0, 0.1) is 5.92 Å². The molecular formula is C29H39N. The number of aromatic nitrogens is 1. The molecule has 1 heteroatoms. The lowest BCUT2D eigenvalue weighted by molar-refractivity contribution is 0.806. The average Bonchev–Trinajstić information content (AvgIpc) is 2.89. The first-order chi connectivity index (χ1) is 14.0. The molecule has 0 N–H and O–H groups in total. The lowest BCUT2D eigenvalue weighted by Crippen LogP contribution is -2.06. The van der Waals surface area contributed by atoms with Crippen LogP contribution in [0.3, 0.4) is 0 Å². The molecule has 0 aliphatic heterocycles. The maximum absolute atomic E-state index is 5.27. The van der Waals surface area contributed by atoms with Crippen molar-refractivity contribution in [2.24, 2.45) is 5.92 Å². The highest BCUT2D eigenvalue weighted by atomic mass is 14.7. The fraction of sp³-hybridized carbons (Fsp3) is 0.483. The minimum absolute atomic E-state index is 0.435. The Morgan fingerprint density at radius 3 is 1.70 bits per heavy atom. The highest BCUT2D eigenvalue weighted by Gasteiger charge is 2.26. The van der Waals surface area contributed by atoms with Crippen molar-refractivity contribution in [3.05, 3.63) is 69.4 Å². The summed E-state index contributed by atoms with van der Waals surface area (Å²) in [5.41, 5.74) is 13.6. The summed E-state index contributed by atoms with van der Waals surface area (Å²) in [4.78, 5) is 5.27. The van der Waals surface area contributed by atoms with Crippen molar-refractivity contribution in [2.75, 3.05) is 0 Å². The molecular weight excluding hydrogens is 362 g/mol. The minimum Gasteiger partial charge on any atom is -0.248 e. The molecule has 0 saturated heterocycles. The lowest BCUT2D eigenvalue weighted by atomic mass is 9.83. The Labute approximate surface area is 184 Å². The maximum Gasteiger partial charge on any atom is 0.0715 e. The molecule has 1 heterocycles. The van der Waals surface area contributed by atoms with E-state index in [-0.39, 0.29) is 0 Å². The molecule has 0 fully saturated rings. The third kappa shape index (κ3) is 3.92. The lowest BCUT2D eigenvalue weighted by Gasteiger charge is -2.23. The van der Waals surface area contributed by atoms with Crippen molar-refractivity contribution in [1.82, 2.24) is 4.98 Å². The molecule has 1 atom stereocenters. The second-order valence-electron chi connectivity index (χ2n) is 10.0. The highest BCUT2D eigenvalue weighted by molar-refractivity contribution is 5.80. The van der Waals surface area contributed by atoms with Gasteiger partial charge in [-0.3, -0.25) is 0 Å². The molecule has 1 unspecified atom stereocenters. The second kappa shape index (κ2) is 8.53. The molecule has 0 saturated carbocycles. The van der Waals surface area contributed by atoms with E-state index in [1.165, 1.54) is 44.5 Å². The third-order valence-corrected chi connectivity index (χ3v) is 7.05. The Balaban J connectivity index is 2.24. The van der Waals surface area contributed by atoms with Crippen LogP contribution in [0.25, 0.3) is 16.8 Å². The predicted octanol–water partition coefficient (Wildman–Crippen LogP) is 8.88. The molecule has 0 bridgehead atoms. The summed E-state index contributed by atoms with van der Waals surface area (Å²) in [6, 6.07) is 11.4. The maximum atomic E-state index is 5.27. The molecule has 1 aromatic heterocycles. The van der Waals surface area contributed by atoms with Crippen molar-refractivity contribution in [3.63, 3.8) is 0 Å². The molecule has 2 aromatic rings. The van der Waals surface area contributed by atoms with Gasteiger partial charge in [-0.1, -0.05) is 72.2 Å². The topological polar surface area (TPSA) is 12.9 Å². The minimum atomic E-state index is 0.435. The number of hydrogen-bond acceptors (Lipinski definition) is 1. The van der Waals surface area contributed by atoms with E-state index in [1.807, 2.05) is 0 Å². The van der Waals surface area contributed by atoms with Crippen LogP contribution in [0.2, 0.25) is 0 Å². The van der Waals surface area contributed by atoms with Gasteiger partial charge in [0.1, 0.15) is 0 Å². The number of rotatable bonds is 5. The van der Waals surface area contributed by atoms with Crippen LogP contribution >= 0.6 is 0 Å². The predicted molar refractivity (Wildman–Crippen MR) is 132 cm³/mol. The van der Waals surface area contributed by atoms with Crippen LogP contribution in [-0.4, -0.2) is 4.98 Å². The van der Waals surface area contributed by atoms with Gasteiger partial charge in [-0.05, 0) is 84.1 Å². The smallest absolute Gasteiger partial charge is 0.0715 e. The summed E-state index contributed by atoms with van der Waals surface area (Å²) in [5, 5.41) is 0. The molecule has 0 radical (unpaired) electrons. The fourth-order valence-corrected chi connectivity index (χ4v) is 4.75. The van der Waals surface area contributed by atoms with E-state index in [4.69, 9.17) is 4.98 Å². The number of hydrogen-bond donors (Lipinski definition) is 0. The summed E-state index contributed by atoms with van der Waals surface area (Å²) in [7, 11) is 0. The van der Waals surface area contributed by atoms with E-state index in [1.54, 1.807) is 0 Å². The monoisotopic (exact) mass is 401 g/mol. The van der Waals surface area contributed by atoms with Gasteiger partial charge in [0.2, 0.25) is 0 Å². The molecule has 1 aliphatic rings. The normalized spacial score (nSPS) is 17.3. The van der Waals surface area contributed by atoms with Gasteiger partial charge in [-0.15, -0.1) is 0 Å². The Kier molecular flexibility index (Phi) is 6.41. The average molecular weight is 402 g/mol. The van der Waals surface area contributed by atoms with Gasteiger partial charge in [0, 0.05) is 11.5 Å². The molecule has 0 spiro atoms. The Morgan fingerprint density at radius 2 is 1.27 bits per heavy atom. The summed E-state index contributed by atoms with van der Waals surface area (Å²) in [6.07, 6.45) is 0. The van der Waals surface area contributed by atoms with Gasteiger partial charge < -0.3 is 0 Å². The number of benzene rings is 1. The zero-order valence-corrected chi connectivity index (χ0v) is 20.6. The van der Waals surface area contributed by atoms with Crippen LogP contribution in [0.5, 0.6) is 0 Å². The summed E-state index contributed by atoms with van der Waals surface area (Å²) in [5.74, 6) is 1.88. The van der Waals surface area contributed by atoms with E-state index in [9.17, 15) is 0 Å². The first kappa shape index (κ1) is 22.5. The van der Waals surface area contributed by atoms with E-state index < -0.39 is 0 Å². The van der Waals surface area contributed by atoms with E-state index >= 15 is 0 Å². The Bertz CT molecular complexity index is 985. The van der Waals surface area contributed by atoms with Crippen molar-refractivity contribution in [1.29, 1.82) is 0 Å². The van der Waals surface area contributed by atoms with Crippen LogP contribution in [0.4, 0.5) is 0 Å². The standard InChI is InChI=1S/C29H39N/c1-16(2)23-14-24(17(3)4)29(25(15-23)18(5)6)27-13-11-12-26(30-27)28-21(9)19(7)20(8)22(28)10/h11-18,21H,1-10H3. The van der Waals surface area contributed by atoms with Gasteiger partial charge >= 0.3 is 0 Å². The Morgan fingerprint density at radius 1 is 0.733 bits per heavy atom. The fourth-order valence-electron chi connectivity index (χ4n) is 4.75. The van der Waals surface area contributed by atoms with Crippen molar-refractivity contribution >= 4 is 5.57 Å². The van der Waals surface area contributed by atoms with Crippen molar-refractivity contribution < 1.29 is 0 Å². The van der Waals surface area contributed by atoms with Crippen LogP contribution in [-0.2, 0) is 0 Å². The van der Waals surface area contributed by atoms with Crippen LogP contribution in [0.1, 0.15) is 109 Å². The molecule has 0 amide bonds. The molecule has 1 aromatic carbocycles. The SMILES string of the molecule is CC1=C(C)C(C)C(c2cccc(-c3c(C(C)C)cc(C(C)C)cc3C(C)C)n2)=C1C. The zero-order chi connectivity index (χ0) is 22.3. The van der Waals surface area contributed by atoms with Crippen LogP contribution in [0.15, 0.2) is 47.1 Å². The zero-order valence-electron chi connectivity index (χ0n) is 20.6. The van der Waals surface area contributed by atoms with Crippen molar-refractivity contribution in [3.8, 4) is 11.3 Å². The molecule has 3 rings (SSSR count). The van der Waals surface area contributed by atoms with Crippen molar-refractivity contribution in [2.45, 2.75) is 87.0 Å². The first-order valence-corrected chi connectivity index (χ1v) is 11.6. The van der Waals surface area contributed by atoms with Gasteiger partial charge in [0.05, 0.1) is 11.4 Å². The quantitative estimate of drug-likeness (QED) is 0.487. The Hall–Kier alpha value is -2.15. The van der Waals surface area contributed by atoms with Crippen LogP contribution < -0.4 is 0 Å². The number of allylic oxidation sites excluding steroid dienone is 4. The number of nitrogens with zero attached hydrogens (tertiary/aromatic N) is 1. The van der Waals surface area contributed by atoms with E-state index in [0.29, 0.717) is 23.7 Å². The van der Waals surface area contributed by atoms with Gasteiger partial charge in [0.15, 0.2) is 0 Å². The molecule has 1 aliphatic carbocycles. The molecule has 160 valence electrons.